The number of fused-ring (bicyclic) bond motifs is 1. The van der Waals surface area contributed by atoms with Gasteiger partial charge in [0.05, 0.1) is 22.8 Å². The van der Waals surface area contributed by atoms with Crippen molar-refractivity contribution >= 4 is 22.5 Å². The molecule has 0 fully saturated rings. The zero-order valence-corrected chi connectivity index (χ0v) is 16.0. The molecule has 4 aromatic rings. The molecule has 0 amide bonds. The fourth-order valence-corrected chi connectivity index (χ4v) is 3.15. The van der Waals surface area contributed by atoms with Crippen molar-refractivity contribution in [2.45, 2.75) is 13.3 Å². The summed E-state index contributed by atoms with van der Waals surface area (Å²) in [7, 11) is 0. The van der Waals surface area contributed by atoms with E-state index in [0.717, 1.165) is 28.6 Å². The number of halogens is 2. The second kappa shape index (κ2) is 7.90. The van der Waals surface area contributed by atoms with E-state index in [-0.39, 0.29) is 5.75 Å². The molecule has 6 heteroatoms. The summed E-state index contributed by atoms with van der Waals surface area (Å²) in [5.41, 5.74) is 2.44. The topological polar surface area (TPSA) is 47.1 Å². The van der Waals surface area contributed by atoms with Gasteiger partial charge < -0.3 is 9.47 Å². The third kappa shape index (κ3) is 3.66. The van der Waals surface area contributed by atoms with Gasteiger partial charge in [-0.1, -0.05) is 30.7 Å². The number of nitrogens with one attached hydrogen (secondary N) is 1. The fourth-order valence-electron chi connectivity index (χ4n) is 2.91. The molecule has 0 unspecified atom stereocenters. The van der Waals surface area contributed by atoms with Crippen molar-refractivity contribution in [1.82, 2.24) is 10.2 Å². The molecule has 0 saturated carbocycles. The van der Waals surface area contributed by atoms with E-state index in [1.165, 1.54) is 6.07 Å². The fraction of sp³-hybridized carbons (Fsp3) is 0.136. The van der Waals surface area contributed by atoms with Crippen molar-refractivity contribution < 1.29 is 13.9 Å². The lowest BCUT2D eigenvalue weighted by Gasteiger charge is -2.08. The van der Waals surface area contributed by atoms with Gasteiger partial charge in [0, 0.05) is 17.0 Å². The van der Waals surface area contributed by atoms with Crippen LogP contribution in [-0.4, -0.2) is 16.8 Å². The zero-order chi connectivity index (χ0) is 19.5. The number of H-pyrrole nitrogens is 1. The predicted octanol–water partition coefficient (Wildman–Crippen LogP) is 6.60. The molecule has 4 rings (SSSR count). The Morgan fingerprint density at radius 1 is 1.04 bits per heavy atom. The first-order valence-corrected chi connectivity index (χ1v) is 9.36. The number of ether oxygens (including phenoxy) is 2. The van der Waals surface area contributed by atoms with E-state index in [0.29, 0.717) is 23.1 Å². The van der Waals surface area contributed by atoms with Crippen molar-refractivity contribution in [3.05, 3.63) is 71.5 Å². The Morgan fingerprint density at radius 2 is 1.89 bits per heavy atom. The zero-order valence-electron chi connectivity index (χ0n) is 15.2. The van der Waals surface area contributed by atoms with Crippen molar-refractivity contribution in [2.24, 2.45) is 0 Å². The number of hydrogen-bond acceptors (Lipinski definition) is 3. The largest absolute Gasteiger partial charge is 0.492 e. The summed E-state index contributed by atoms with van der Waals surface area (Å²) in [6, 6.07) is 17.4. The lowest BCUT2D eigenvalue weighted by atomic mass is 10.1. The van der Waals surface area contributed by atoms with Gasteiger partial charge in [0.25, 0.3) is 0 Å². The van der Waals surface area contributed by atoms with Crippen LogP contribution in [0.25, 0.3) is 22.2 Å². The summed E-state index contributed by atoms with van der Waals surface area (Å²) in [5, 5.41) is 8.87. The number of para-hydroxylation sites is 1. The van der Waals surface area contributed by atoms with Crippen LogP contribution in [0.15, 0.2) is 60.7 Å². The standard InChI is InChI=1S/C22H18ClFN2O2/c1-2-11-27-20-10-7-14(12-17(20)23)22-16-9-8-15(13-19(16)25-26-22)28-21-6-4-3-5-18(21)24/h3-10,12-13H,2,11H2,1H3,(H,25,26). The van der Waals surface area contributed by atoms with Crippen LogP contribution >= 0.6 is 11.6 Å². The van der Waals surface area contributed by atoms with Gasteiger partial charge in [-0.3, -0.25) is 5.10 Å². The van der Waals surface area contributed by atoms with E-state index in [9.17, 15) is 4.39 Å². The van der Waals surface area contributed by atoms with Gasteiger partial charge in [-0.05, 0) is 48.9 Å². The monoisotopic (exact) mass is 396 g/mol. The first-order chi connectivity index (χ1) is 13.7. The summed E-state index contributed by atoms with van der Waals surface area (Å²) in [6.07, 6.45) is 0.916. The van der Waals surface area contributed by atoms with Crippen LogP contribution in [0.5, 0.6) is 17.2 Å². The SMILES string of the molecule is CCCOc1ccc(-c2n[nH]c3cc(Oc4ccccc4F)ccc23)cc1Cl. The second-order valence-corrected chi connectivity index (χ2v) is 6.71. The van der Waals surface area contributed by atoms with Crippen LogP contribution in [0.1, 0.15) is 13.3 Å². The van der Waals surface area contributed by atoms with E-state index >= 15 is 0 Å². The Kier molecular flexibility index (Phi) is 5.17. The number of aromatic nitrogens is 2. The minimum Gasteiger partial charge on any atom is -0.492 e. The molecule has 4 nitrogen and oxygen atoms in total. The average Bonchev–Trinajstić information content (AvgIpc) is 3.12. The molecular weight excluding hydrogens is 379 g/mol. The summed E-state index contributed by atoms with van der Waals surface area (Å²) in [5.74, 6) is 0.950. The van der Waals surface area contributed by atoms with Gasteiger partial charge in [0.15, 0.2) is 11.6 Å². The van der Waals surface area contributed by atoms with Crippen LogP contribution in [0.3, 0.4) is 0 Å². The molecule has 1 aromatic heterocycles. The third-order valence-electron chi connectivity index (χ3n) is 4.27. The van der Waals surface area contributed by atoms with E-state index in [1.807, 2.05) is 31.2 Å². The Bertz CT molecular complexity index is 1130. The number of hydrogen-bond donors (Lipinski definition) is 1. The maximum atomic E-state index is 13.8. The van der Waals surface area contributed by atoms with E-state index in [2.05, 4.69) is 10.2 Å². The number of nitrogens with zero attached hydrogens (tertiary/aromatic N) is 1. The molecule has 0 bridgehead atoms. The Balaban J connectivity index is 1.63. The Labute approximate surface area is 166 Å². The summed E-state index contributed by atoms with van der Waals surface area (Å²) < 4.78 is 25.1. The van der Waals surface area contributed by atoms with Crippen molar-refractivity contribution in [3.8, 4) is 28.5 Å². The minimum atomic E-state index is -0.409. The molecule has 142 valence electrons. The highest BCUT2D eigenvalue weighted by atomic mass is 35.5. The second-order valence-electron chi connectivity index (χ2n) is 6.31. The minimum absolute atomic E-state index is 0.177. The smallest absolute Gasteiger partial charge is 0.165 e. The lowest BCUT2D eigenvalue weighted by molar-refractivity contribution is 0.317. The summed E-state index contributed by atoms with van der Waals surface area (Å²) >= 11 is 6.35. The average molecular weight is 397 g/mol. The number of rotatable bonds is 6. The molecule has 28 heavy (non-hydrogen) atoms. The molecule has 0 radical (unpaired) electrons. The number of aromatic amines is 1. The quantitative estimate of drug-likeness (QED) is 0.399. The van der Waals surface area contributed by atoms with Crippen molar-refractivity contribution in [1.29, 1.82) is 0 Å². The van der Waals surface area contributed by atoms with Gasteiger partial charge in [0.1, 0.15) is 11.5 Å². The van der Waals surface area contributed by atoms with E-state index in [1.54, 1.807) is 30.3 Å². The van der Waals surface area contributed by atoms with Crippen LogP contribution in [0, 0.1) is 5.82 Å². The van der Waals surface area contributed by atoms with E-state index in [4.69, 9.17) is 21.1 Å². The molecule has 0 saturated heterocycles. The van der Waals surface area contributed by atoms with Gasteiger partial charge >= 0.3 is 0 Å². The first kappa shape index (κ1) is 18.3. The summed E-state index contributed by atoms with van der Waals surface area (Å²) in [4.78, 5) is 0. The number of benzene rings is 3. The maximum absolute atomic E-state index is 13.8. The summed E-state index contributed by atoms with van der Waals surface area (Å²) in [6.45, 7) is 2.66. The maximum Gasteiger partial charge on any atom is 0.165 e. The lowest BCUT2D eigenvalue weighted by Crippen LogP contribution is -1.95. The molecule has 0 aliphatic rings. The normalized spacial score (nSPS) is 11.0. The highest BCUT2D eigenvalue weighted by Crippen LogP contribution is 2.34. The van der Waals surface area contributed by atoms with Gasteiger partial charge in [-0.15, -0.1) is 0 Å². The molecule has 1 N–H and O–H groups in total. The van der Waals surface area contributed by atoms with Crippen LogP contribution in [0.4, 0.5) is 4.39 Å². The van der Waals surface area contributed by atoms with Gasteiger partial charge in [-0.2, -0.15) is 5.10 Å². The van der Waals surface area contributed by atoms with Crippen molar-refractivity contribution in [3.63, 3.8) is 0 Å². The third-order valence-corrected chi connectivity index (χ3v) is 4.56. The molecule has 3 aromatic carbocycles. The highest BCUT2D eigenvalue weighted by Gasteiger charge is 2.12. The van der Waals surface area contributed by atoms with E-state index < -0.39 is 5.82 Å². The molecule has 0 aliphatic heterocycles. The van der Waals surface area contributed by atoms with Gasteiger partial charge in [0.2, 0.25) is 0 Å². The molecule has 0 spiro atoms. The van der Waals surface area contributed by atoms with Crippen LogP contribution in [0.2, 0.25) is 5.02 Å². The highest BCUT2D eigenvalue weighted by molar-refractivity contribution is 6.32. The molecule has 0 atom stereocenters. The van der Waals surface area contributed by atoms with Crippen molar-refractivity contribution in [2.75, 3.05) is 6.61 Å². The predicted molar refractivity (Wildman–Crippen MR) is 109 cm³/mol. The first-order valence-electron chi connectivity index (χ1n) is 8.99. The Hall–Kier alpha value is -3.05. The van der Waals surface area contributed by atoms with Gasteiger partial charge in [-0.25, -0.2) is 4.39 Å². The Morgan fingerprint density at radius 3 is 2.68 bits per heavy atom. The van der Waals surface area contributed by atoms with Crippen LogP contribution < -0.4 is 9.47 Å². The van der Waals surface area contributed by atoms with Crippen LogP contribution in [-0.2, 0) is 0 Å². The molecule has 1 heterocycles. The molecule has 0 aliphatic carbocycles. The molecular formula is C22H18ClFN2O2.